The van der Waals surface area contributed by atoms with Gasteiger partial charge in [-0.25, -0.2) is 8.78 Å². The molecular formula is C19H15F2N7O. The van der Waals surface area contributed by atoms with Crippen LogP contribution in [0.2, 0.25) is 0 Å². The smallest absolute Gasteiger partial charge is 0.226 e. The number of carbonyl (C=O) groups excluding carboxylic acids is 1. The average Bonchev–Trinajstić information content (AvgIpc) is 3.20. The molecule has 0 saturated carbocycles. The summed E-state index contributed by atoms with van der Waals surface area (Å²) < 4.78 is 30.7. The number of anilines is 1. The van der Waals surface area contributed by atoms with E-state index < -0.39 is 17.6 Å². The van der Waals surface area contributed by atoms with Gasteiger partial charge in [-0.05, 0) is 43.7 Å². The lowest BCUT2D eigenvalue weighted by molar-refractivity contribution is -0.116. The first-order chi connectivity index (χ1) is 13.9. The standard InChI is InChI=1S/C19H15F2N7O/c1-9-18-14(11-5-12(20)7-13(21)6-11)8-17(29)22-19(18)28(25-9)16-4-3-15-24-23-10(2)27(15)26-16/h3-7,14H,8H2,1-2H3,(H,22,29)/t14-/m0/s1. The Kier molecular flexibility index (Phi) is 3.70. The second-order valence-corrected chi connectivity index (χ2v) is 6.98. The number of hydrogen-bond acceptors (Lipinski definition) is 5. The molecule has 0 spiro atoms. The minimum Gasteiger partial charge on any atom is -0.310 e. The van der Waals surface area contributed by atoms with Crippen molar-refractivity contribution >= 4 is 17.4 Å². The van der Waals surface area contributed by atoms with Crippen LogP contribution in [0.25, 0.3) is 11.5 Å². The summed E-state index contributed by atoms with van der Waals surface area (Å²) in [5, 5.41) is 19.9. The molecule has 1 atom stereocenters. The van der Waals surface area contributed by atoms with Crippen molar-refractivity contribution < 1.29 is 13.6 Å². The third-order valence-electron chi connectivity index (χ3n) is 5.01. The van der Waals surface area contributed by atoms with Crippen LogP contribution in [0.1, 0.15) is 35.0 Å². The normalized spacial score (nSPS) is 16.1. The fourth-order valence-corrected chi connectivity index (χ4v) is 3.77. The fourth-order valence-electron chi connectivity index (χ4n) is 3.77. The maximum Gasteiger partial charge on any atom is 0.226 e. The molecule has 5 rings (SSSR count). The van der Waals surface area contributed by atoms with Crippen LogP contribution < -0.4 is 5.32 Å². The SMILES string of the molecule is Cc1nn(-c2ccc3nnc(C)n3n2)c2c1[C@H](c1cc(F)cc(F)c1)CC(=O)N2. The molecule has 0 saturated heterocycles. The number of amides is 1. The van der Waals surface area contributed by atoms with E-state index in [0.717, 1.165) is 6.07 Å². The molecule has 146 valence electrons. The van der Waals surface area contributed by atoms with Crippen LogP contribution in [0.5, 0.6) is 0 Å². The van der Waals surface area contributed by atoms with Gasteiger partial charge in [0, 0.05) is 24.0 Å². The molecule has 0 bridgehead atoms. The van der Waals surface area contributed by atoms with Crippen molar-refractivity contribution in [2.24, 2.45) is 0 Å². The molecule has 4 aromatic rings. The van der Waals surface area contributed by atoms with Gasteiger partial charge in [0.25, 0.3) is 0 Å². The molecule has 0 radical (unpaired) electrons. The van der Waals surface area contributed by atoms with Gasteiger partial charge in [-0.15, -0.1) is 15.3 Å². The molecule has 0 aliphatic carbocycles. The highest BCUT2D eigenvalue weighted by Crippen LogP contribution is 2.40. The highest BCUT2D eigenvalue weighted by Gasteiger charge is 2.33. The van der Waals surface area contributed by atoms with Gasteiger partial charge in [0.05, 0.1) is 5.69 Å². The van der Waals surface area contributed by atoms with Crippen LogP contribution in [-0.4, -0.2) is 35.5 Å². The van der Waals surface area contributed by atoms with Crippen molar-refractivity contribution in [3.63, 3.8) is 0 Å². The van der Waals surface area contributed by atoms with E-state index >= 15 is 0 Å². The quantitative estimate of drug-likeness (QED) is 0.564. The van der Waals surface area contributed by atoms with Gasteiger partial charge in [-0.1, -0.05) is 0 Å². The number of aryl methyl sites for hydroxylation is 2. The average molecular weight is 395 g/mol. The van der Waals surface area contributed by atoms with Gasteiger partial charge < -0.3 is 5.32 Å². The Bertz CT molecular complexity index is 1270. The zero-order chi connectivity index (χ0) is 20.3. The summed E-state index contributed by atoms with van der Waals surface area (Å²) in [6.45, 7) is 3.56. The van der Waals surface area contributed by atoms with Crippen LogP contribution in [0.4, 0.5) is 14.6 Å². The van der Waals surface area contributed by atoms with Crippen molar-refractivity contribution in [1.82, 2.24) is 29.6 Å². The van der Waals surface area contributed by atoms with Crippen LogP contribution in [0.15, 0.2) is 30.3 Å². The number of nitrogens with one attached hydrogen (secondary N) is 1. The Labute approximate surface area is 163 Å². The van der Waals surface area contributed by atoms with Crippen LogP contribution in [-0.2, 0) is 4.79 Å². The fraction of sp³-hybridized carbons (Fsp3) is 0.211. The molecule has 29 heavy (non-hydrogen) atoms. The minimum atomic E-state index is -0.687. The lowest BCUT2D eigenvalue weighted by Crippen LogP contribution is -2.25. The van der Waals surface area contributed by atoms with Crippen molar-refractivity contribution in [2.45, 2.75) is 26.2 Å². The van der Waals surface area contributed by atoms with Crippen LogP contribution in [0.3, 0.4) is 0 Å². The second kappa shape index (κ2) is 6.16. The topological polar surface area (TPSA) is 90.0 Å². The zero-order valence-corrected chi connectivity index (χ0v) is 15.5. The van der Waals surface area contributed by atoms with Gasteiger partial charge in [0.1, 0.15) is 17.5 Å². The molecule has 1 aliphatic rings. The highest BCUT2D eigenvalue weighted by molar-refractivity contribution is 5.95. The molecule has 1 aromatic carbocycles. The summed E-state index contributed by atoms with van der Waals surface area (Å²) in [5.41, 5.74) is 2.31. The molecule has 1 N–H and O–H groups in total. The number of halogens is 2. The molecule has 0 fully saturated rings. The van der Waals surface area contributed by atoms with Gasteiger partial charge >= 0.3 is 0 Å². The second-order valence-electron chi connectivity index (χ2n) is 6.98. The van der Waals surface area contributed by atoms with E-state index in [1.165, 1.54) is 16.8 Å². The lowest BCUT2D eigenvalue weighted by atomic mass is 9.85. The molecule has 10 heteroatoms. The zero-order valence-electron chi connectivity index (χ0n) is 15.5. The van der Waals surface area contributed by atoms with E-state index in [1.54, 1.807) is 30.5 Å². The summed E-state index contributed by atoms with van der Waals surface area (Å²) in [6.07, 6.45) is 0.0689. The van der Waals surface area contributed by atoms with E-state index in [0.29, 0.717) is 39.9 Å². The van der Waals surface area contributed by atoms with Crippen molar-refractivity contribution in [2.75, 3.05) is 5.32 Å². The van der Waals surface area contributed by atoms with E-state index in [2.05, 4.69) is 25.7 Å². The summed E-state index contributed by atoms with van der Waals surface area (Å²) in [5.74, 6) is -0.660. The maximum atomic E-state index is 13.8. The molecule has 1 amide bonds. The molecular weight excluding hydrogens is 380 g/mol. The Morgan fingerprint density at radius 3 is 2.59 bits per heavy atom. The number of nitrogens with zero attached hydrogens (tertiary/aromatic N) is 6. The van der Waals surface area contributed by atoms with E-state index in [9.17, 15) is 13.6 Å². The Hall–Kier alpha value is -3.69. The van der Waals surface area contributed by atoms with Gasteiger partial charge in [-0.2, -0.15) is 14.3 Å². The first-order valence-corrected chi connectivity index (χ1v) is 8.95. The molecule has 0 unspecified atom stereocenters. The highest BCUT2D eigenvalue weighted by atomic mass is 19.1. The van der Waals surface area contributed by atoms with E-state index in [1.807, 2.05) is 0 Å². The Balaban J connectivity index is 1.69. The van der Waals surface area contributed by atoms with Gasteiger partial charge in [0.15, 0.2) is 17.3 Å². The number of fused-ring (bicyclic) bond motifs is 2. The largest absolute Gasteiger partial charge is 0.310 e. The first kappa shape index (κ1) is 17.4. The number of carbonyl (C=O) groups is 1. The Morgan fingerprint density at radius 1 is 1.07 bits per heavy atom. The lowest BCUT2D eigenvalue weighted by Gasteiger charge is -2.24. The van der Waals surface area contributed by atoms with Crippen molar-refractivity contribution in [3.05, 3.63) is 64.6 Å². The van der Waals surface area contributed by atoms with Gasteiger partial charge in [0.2, 0.25) is 5.91 Å². The summed E-state index contributed by atoms with van der Waals surface area (Å²) in [4.78, 5) is 12.4. The third kappa shape index (κ3) is 2.75. The number of aromatic nitrogens is 6. The maximum absolute atomic E-state index is 13.8. The third-order valence-corrected chi connectivity index (χ3v) is 5.01. The predicted octanol–water partition coefficient (Wildman–Crippen LogP) is 2.68. The number of hydrogen-bond donors (Lipinski definition) is 1. The molecule has 4 heterocycles. The molecule has 1 aliphatic heterocycles. The van der Waals surface area contributed by atoms with E-state index in [-0.39, 0.29) is 12.3 Å². The monoisotopic (exact) mass is 395 g/mol. The van der Waals surface area contributed by atoms with Gasteiger partial charge in [-0.3, -0.25) is 4.79 Å². The first-order valence-electron chi connectivity index (χ1n) is 8.95. The van der Waals surface area contributed by atoms with Crippen molar-refractivity contribution in [3.8, 4) is 5.82 Å². The number of rotatable bonds is 2. The van der Waals surface area contributed by atoms with E-state index in [4.69, 9.17) is 0 Å². The van der Waals surface area contributed by atoms with Crippen molar-refractivity contribution in [1.29, 1.82) is 0 Å². The summed E-state index contributed by atoms with van der Waals surface area (Å²) in [6, 6.07) is 6.77. The van der Waals surface area contributed by atoms with Crippen LogP contribution >= 0.6 is 0 Å². The summed E-state index contributed by atoms with van der Waals surface area (Å²) in [7, 11) is 0. The predicted molar refractivity (Wildman–Crippen MR) is 98.8 cm³/mol. The Morgan fingerprint density at radius 2 is 1.83 bits per heavy atom. The molecule has 3 aromatic heterocycles. The van der Waals surface area contributed by atoms with Crippen LogP contribution in [0, 0.1) is 25.5 Å². The minimum absolute atomic E-state index is 0.0689. The summed E-state index contributed by atoms with van der Waals surface area (Å²) >= 11 is 0. The number of benzene rings is 1. The molecule has 8 nitrogen and oxygen atoms in total.